The summed E-state index contributed by atoms with van der Waals surface area (Å²) in [7, 11) is 0. The smallest absolute Gasteiger partial charge is 0.220 e. The van der Waals surface area contributed by atoms with Crippen LogP contribution in [0.25, 0.3) is 0 Å². The van der Waals surface area contributed by atoms with E-state index in [0.717, 1.165) is 10.6 Å². The highest BCUT2D eigenvalue weighted by Crippen LogP contribution is 2.22. The molecule has 0 spiro atoms. The lowest BCUT2D eigenvalue weighted by Gasteiger charge is -1.98. The Kier molecular flexibility index (Phi) is 4.01. The van der Waals surface area contributed by atoms with Gasteiger partial charge in [0.2, 0.25) is 5.12 Å². The van der Waals surface area contributed by atoms with Crippen LogP contribution in [0.3, 0.4) is 0 Å². The van der Waals surface area contributed by atoms with Gasteiger partial charge in [0.1, 0.15) is 5.03 Å². The molecular weight excluding hydrogens is 242 g/mol. The molecule has 0 aliphatic heterocycles. The molecule has 2 rings (SSSR count). The van der Waals surface area contributed by atoms with Gasteiger partial charge in [-0.2, -0.15) is 0 Å². The first-order valence-corrected chi connectivity index (χ1v) is 6.55. The Hall–Kier alpha value is -1.27. The van der Waals surface area contributed by atoms with Crippen LogP contribution >= 0.6 is 23.5 Å². The minimum atomic E-state index is 0.0802. The van der Waals surface area contributed by atoms with Crippen molar-refractivity contribution in [3.8, 4) is 0 Å². The molecule has 16 heavy (non-hydrogen) atoms. The highest BCUT2D eigenvalue weighted by atomic mass is 32.2. The van der Waals surface area contributed by atoms with E-state index in [4.69, 9.17) is 0 Å². The van der Waals surface area contributed by atoms with Crippen molar-refractivity contribution < 1.29 is 4.79 Å². The van der Waals surface area contributed by atoms with Crippen molar-refractivity contribution >= 4 is 28.6 Å². The van der Waals surface area contributed by atoms with E-state index in [2.05, 4.69) is 15.4 Å². The lowest BCUT2D eigenvalue weighted by molar-refractivity contribution is 0.108. The van der Waals surface area contributed by atoms with Gasteiger partial charge in [0.05, 0.1) is 11.3 Å². The lowest BCUT2D eigenvalue weighted by atomic mass is 10.2. The molecule has 0 bridgehead atoms. The Morgan fingerprint density at radius 1 is 1.31 bits per heavy atom. The van der Waals surface area contributed by atoms with Gasteiger partial charge in [0.25, 0.3) is 0 Å². The van der Waals surface area contributed by atoms with Crippen molar-refractivity contribution in [1.29, 1.82) is 0 Å². The standard InChI is InChI=1S/C10H9N3OS2/c14-10(8-4-2-1-3-5-8)16-7-15-9-6-11-13-12-9/h1-6H,7H2,(H,11,12,13). The van der Waals surface area contributed by atoms with Crippen LogP contribution in [0.5, 0.6) is 0 Å². The average molecular weight is 251 g/mol. The summed E-state index contributed by atoms with van der Waals surface area (Å²) in [6, 6.07) is 9.24. The van der Waals surface area contributed by atoms with E-state index in [9.17, 15) is 4.79 Å². The molecule has 1 N–H and O–H groups in total. The van der Waals surface area contributed by atoms with Crippen LogP contribution in [0.4, 0.5) is 0 Å². The zero-order valence-corrected chi connectivity index (χ0v) is 9.92. The van der Waals surface area contributed by atoms with Crippen LogP contribution in [0.2, 0.25) is 0 Å². The Balaban J connectivity index is 1.81. The number of thioether (sulfide) groups is 2. The monoisotopic (exact) mass is 251 g/mol. The first-order chi connectivity index (χ1) is 7.86. The second-order valence-electron chi connectivity index (χ2n) is 2.87. The molecule has 0 atom stereocenters. The Morgan fingerprint density at radius 2 is 2.12 bits per heavy atom. The zero-order chi connectivity index (χ0) is 11.2. The number of aromatic amines is 1. The highest BCUT2D eigenvalue weighted by molar-refractivity contribution is 8.24. The molecule has 6 heteroatoms. The maximum Gasteiger partial charge on any atom is 0.220 e. The van der Waals surface area contributed by atoms with Crippen LogP contribution in [0.1, 0.15) is 10.4 Å². The number of H-pyrrole nitrogens is 1. The summed E-state index contributed by atoms with van der Waals surface area (Å²) < 4.78 is 0. The van der Waals surface area contributed by atoms with Crippen molar-refractivity contribution in [1.82, 2.24) is 15.4 Å². The van der Waals surface area contributed by atoms with Gasteiger partial charge in [0, 0.05) is 5.56 Å². The minimum absolute atomic E-state index is 0.0802. The van der Waals surface area contributed by atoms with E-state index in [1.54, 1.807) is 6.20 Å². The molecule has 0 saturated carbocycles. The van der Waals surface area contributed by atoms with Gasteiger partial charge in [-0.3, -0.25) is 9.89 Å². The molecule has 2 aromatic rings. The molecule has 0 saturated heterocycles. The van der Waals surface area contributed by atoms with Crippen LogP contribution in [-0.4, -0.2) is 25.6 Å². The van der Waals surface area contributed by atoms with Crippen molar-refractivity contribution in [2.24, 2.45) is 0 Å². The average Bonchev–Trinajstić information content (AvgIpc) is 2.83. The molecule has 82 valence electrons. The minimum Gasteiger partial charge on any atom is -0.282 e. The van der Waals surface area contributed by atoms with E-state index < -0.39 is 0 Å². The number of rotatable bonds is 4. The second kappa shape index (κ2) is 5.72. The van der Waals surface area contributed by atoms with Gasteiger partial charge in [0.15, 0.2) is 0 Å². The third kappa shape index (κ3) is 3.11. The molecule has 1 aromatic carbocycles. The number of aromatic nitrogens is 3. The van der Waals surface area contributed by atoms with Gasteiger partial charge in [-0.25, -0.2) is 0 Å². The molecular formula is C10H9N3OS2. The molecule has 0 aliphatic rings. The zero-order valence-electron chi connectivity index (χ0n) is 8.29. The Morgan fingerprint density at radius 3 is 2.81 bits per heavy atom. The second-order valence-corrected chi connectivity index (χ2v) is 5.18. The Bertz CT molecular complexity index is 444. The van der Waals surface area contributed by atoms with Gasteiger partial charge in [-0.05, 0) is 0 Å². The summed E-state index contributed by atoms with van der Waals surface area (Å²) in [5.74, 6) is 0. The SMILES string of the molecule is O=C(SCSc1c[nH]nn1)c1ccccc1. The molecule has 0 aliphatic carbocycles. The van der Waals surface area contributed by atoms with E-state index >= 15 is 0 Å². The normalized spacial score (nSPS) is 10.2. The molecule has 4 nitrogen and oxygen atoms in total. The maximum absolute atomic E-state index is 11.7. The summed E-state index contributed by atoms with van der Waals surface area (Å²) in [5.41, 5.74) is 0.730. The predicted molar refractivity (Wildman–Crippen MR) is 65.5 cm³/mol. The first-order valence-electron chi connectivity index (χ1n) is 4.57. The van der Waals surface area contributed by atoms with Crippen molar-refractivity contribution in [2.75, 3.05) is 5.08 Å². The van der Waals surface area contributed by atoms with Crippen LogP contribution in [-0.2, 0) is 0 Å². The van der Waals surface area contributed by atoms with Gasteiger partial charge >= 0.3 is 0 Å². The number of nitrogens with one attached hydrogen (secondary N) is 1. The molecule has 0 radical (unpaired) electrons. The summed E-state index contributed by atoms with van der Waals surface area (Å²) in [6.07, 6.45) is 1.71. The summed E-state index contributed by atoms with van der Waals surface area (Å²) >= 11 is 2.76. The van der Waals surface area contributed by atoms with Crippen molar-refractivity contribution in [2.45, 2.75) is 5.03 Å². The number of carbonyl (C=O) groups excluding carboxylic acids is 1. The molecule has 0 unspecified atom stereocenters. The number of nitrogens with zero attached hydrogens (tertiary/aromatic N) is 2. The number of hydrogen-bond donors (Lipinski definition) is 1. The summed E-state index contributed by atoms with van der Waals surface area (Å²) in [6.45, 7) is 0. The highest BCUT2D eigenvalue weighted by Gasteiger charge is 2.06. The number of carbonyl (C=O) groups is 1. The number of benzene rings is 1. The number of hydrogen-bond acceptors (Lipinski definition) is 5. The quantitative estimate of drug-likeness (QED) is 0.668. The largest absolute Gasteiger partial charge is 0.282 e. The van der Waals surface area contributed by atoms with Crippen LogP contribution in [0, 0.1) is 0 Å². The van der Waals surface area contributed by atoms with Crippen molar-refractivity contribution in [3.63, 3.8) is 0 Å². The van der Waals surface area contributed by atoms with E-state index in [1.165, 1.54) is 23.5 Å². The lowest BCUT2D eigenvalue weighted by Crippen LogP contribution is -1.92. The maximum atomic E-state index is 11.7. The van der Waals surface area contributed by atoms with Gasteiger partial charge in [-0.1, -0.05) is 59.1 Å². The fourth-order valence-electron chi connectivity index (χ4n) is 1.06. The topological polar surface area (TPSA) is 58.6 Å². The fourth-order valence-corrected chi connectivity index (χ4v) is 2.75. The molecule has 1 heterocycles. The van der Waals surface area contributed by atoms with Gasteiger partial charge in [-0.15, -0.1) is 5.10 Å². The molecule has 0 fully saturated rings. The molecule has 1 aromatic heterocycles. The van der Waals surface area contributed by atoms with E-state index in [0.29, 0.717) is 5.08 Å². The third-order valence-electron chi connectivity index (χ3n) is 1.80. The van der Waals surface area contributed by atoms with Gasteiger partial charge < -0.3 is 0 Å². The van der Waals surface area contributed by atoms with E-state index in [1.807, 2.05) is 30.3 Å². The van der Waals surface area contributed by atoms with Crippen molar-refractivity contribution in [3.05, 3.63) is 42.1 Å². The first kappa shape index (κ1) is 11.2. The van der Waals surface area contributed by atoms with Crippen LogP contribution in [0.15, 0.2) is 41.6 Å². The fraction of sp³-hybridized carbons (Fsp3) is 0.100. The third-order valence-corrected chi connectivity index (χ3v) is 3.74. The summed E-state index contributed by atoms with van der Waals surface area (Å²) in [4.78, 5) is 11.7. The van der Waals surface area contributed by atoms with E-state index in [-0.39, 0.29) is 5.12 Å². The Labute approximate surface area is 101 Å². The molecule has 0 amide bonds. The summed E-state index contributed by atoms with van der Waals surface area (Å²) in [5, 5.41) is 11.5. The van der Waals surface area contributed by atoms with Crippen LogP contribution < -0.4 is 0 Å². The predicted octanol–water partition coefficient (Wildman–Crippen LogP) is 2.43.